The Morgan fingerprint density at radius 1 is 1.25 bits per heavy atom. The third-order valence-electron chi connectivity index (χ3n) is 3.32. The first-order valence-electron chi connectivity index (χ1n) is 8.49. The molecule has 1 rings (SSSR count). The molecule has 0 aromatic heterocycles. The van der Waals surface area contributed by atoms with Gasteiger partial charge in [0.2, 0.25) is 5.91 Å². The van der Waals surface area contributed by atoms with Crippen LogP contribution >= 0.6 is 0 Å². The van der Waals surface area contributed by atoms with Gasteiger partial charge in [0.05, 0.1) is 6.54 Å². The van der Waals surface area contributed by atoms with Crippen LogP contribution in [-0.4, -0.2) is 44.7 Å². The summed E-state index contributed by atoms with van der Waals surface area (Å²) in [5, 5.41) is 9.18. The third kappa shape index (κ3) is 8.41. The van der Waals surface area contributed by atoms with Crippen molar-refractivity contribution in [2.45, 2.75) is 39.7 Å². The van der Waals surface area contributed by atoms with E-state index in [-0.39, 0.29) is 12.0 Å². The van der Waals surface area contributed by atoms with E-state index >= 15 is 0 Å². The van der Waals surface area contributed by atoms with Gasteiger partial charge in [-0.05, 0) is 38.0 Å². The van der Waals surface area contributed by atoms with Crippen LogP contribution in [0.4, 0.5) is 0 Å². The fourth-order valence-electron chi connectivity index (χ4n) is 2.07. The summed E-state index contributed by atoms with van der Waals surface area (Å²) >= 11 is 0. The first kappa shape index (κ1) is 19.8. The summed E-state index contributed by atoms with van der Waals surface area (Å²) in [5.41, 5.74) is 1.17. The van der Waals surface area contributed by atoms with Crippen LogP contribution in [0.5, 0.6) is 5.75 Å². The van der Waals surface area contributed by atoms with Crippen molar-refractivity contribution in [2.24, 2.45) is 4.99 Å². The highest BCUT2D eigenvalue weighted by atomic mass is 16.5. The maximum absolute atomic E-state index is 11.5. The molecule has 0 bridgehead atoms. The Morgan fingerprint density at radius 3 is 2.71 bits per heavy atom. The van der Waals surface area contributed by atoms with Crippen molar-refractivity contribution in [3.63, 3.8) is 0 Å². The molecule has 0 spiro atoms. The maximum atomic E-state index is 11.5. The van der Waals surface area contributed by atoms with E-state index in [1.165, 1.54) is 5.56 Å². The molecule has 0 fully saturated rings. The van der Waals surface area contributed by atoms with Gasteiger partial charge >= 0.3 is 0 Å². The number of hydrogen-bond donors (Lipinski definition) is 3. The van der Waals surface area contributed by atoms with E-state index in [0.29, 0.717) is 25.5 Å². The molecule has 3 N–H and O–H groups in total. The Balaban J connectivity index is 2.26. The van der Waals surface area contributed by atoms with Gasteiger partial charge in [-0.3, -0.25) is 9.79 Å². The minimum absolute atomic E-state index is 0.00166. The zero-order chi connectivity index (χ0) is 17.8. The highest BCUT2D eigenvalue weighted by molar-refractivity contribution is 5.81. The number of nitrogens with one attached hydrogen (secondary N) is 3. The van der Waals surface area contributed by atoms with E-state index in [1.807, 2.05) is 45.0 Å². The number of carbonyl (C=O) groups excluding carboxylic acids is 1. The van der Waals surface area contributed by atoms with Gasteiger partial charge in [0, 0.05) is 26.6 Å². The lowest BCUT2D eigenvalue weighted by Crippen LogP contribution is -2.43. The fraction of sp³-hybridized carbons (Fsp3) is 0.556. The predicted octanol–water partition coefficient (Wildman–Crippen LogP) is 1.84. The monoisotopic (exact) mass is 334 g/mol. The Kier molecular flexibility index (Phi) is 9.34. The van der Waals surface area contributed by atoms with Crippen molar-refractivity contribution in [2.75, 3.05) is 26.7 Å². The molecule has 0 heterocycles. The maximum Gasteiger partial charge on any atom is 0.221 e. The minimum atomic E-state index is -0.00166. The Bertz CT molecular complexity index is 532. The molecule has 1 aromatic rings. The van der Waals surface area contributed by atoms with Gasteiger partial charge in [0.1, 0.15) is 11.9 Å². The van der Waals surface area contributed by atoms with Crippen molar-refractivity contribution >= 4 is 11.9 Å². The van der Waals surface area contributed by atoms with E-state index in [2.05, 4.69) is 20.9 Å². The second-order valence-corrected chi connectivity index (χ2v) is 5.72. The van der Waals surface area contributed by atoms with Crippen molar-refractivity contribution in [3.8, 4) is 5.75 Å². The zero-order valence-electron chi connectivity index (χ0n) is 15.2. The first-order valence-corrected chi connectivity index (χ1v) is 8.49. The smallest absolute Gasteiger partial charge is 0.221 e. The SMILES string of the molecule is CCCNC(=O)CCNC(=NC)NCC(C)Oc1cccc(C)c1. The second-order valence-electron chi connectivity index (χ2n) is 5.72. The van der Waals surface area contributed by atoms with Crippen LogP contribution in [-0.2, 0) is 4.79 Å². The number of benzene rings is 1. The van der Waals surface area contributed by atoms with E-state index in [1.54, 1.807) is 7.05 Å². The number of ether oxygens (including phenoxy) is 1. The summed E-state index contributed by atoms with van der Waals surface area (Å²) in [7, 11) is 1.71. The zero-order valence-corrected chi connectivity index (χ0v) is 15.2. The van der Waals surface area contributed by atoms with E-state index in [9.17, 15) is 4.79 Å². The molecule has 0 saturated heterocycles. The molecule has 0 saturated carbocycles. The van der Waals surface area contributed by atoms with Gasteiger partial charge in [-0.25, -0.2) is 0 Å². The molecular formula is C18H30N4O2. The lowest BCUT2D eigenvalue weighted by molar-refractivity contribution is -0.120. The molecule has 24 heavy (non-hydrogen) atoms. The molecule has 1 unspecified atom stereocenters. The predicted molar refractivity (Wildman–Crippen MR) is 98.6 cm³/mol. The van der Waals surface area contributed by atoms with Crippen LogP contribution in [0.25, 0.3) is 0 Å². The van der Waals surface area contributed by atoms with E-state index in [4.69, 9.17) is 4.74 Å². The molecule has 6 nitrogen and oxygen atoms in total. The number of rotatable bonds is 9. The third-order valence-corrected chi connectivity index (χ3v) is 3.32. The van der Waals surface area contributed by atoms with E-state index < -0.39 is 0 Å². The normalized spacial score (nSPS) is 12.4. The van der Waals surface area contributed by atoms with Crippen molar-refractivity contribution in [3.05, 3.63) is 29.8 Å². The number of aliphatic imine (C=N–C) groups is 1. The summed E-state index contributed by atoms with van der Waals surface area (Å²) in [5.74, 6) is 1.58. The molecule has 0 radical (unpaired) electrons. The van der Waals surface area contributed by atoms with E-state index in [0.717, 1.165) is 18.7 Å². The van der Waals surface area contributed by atoms with Crippen LogP contribution in [0.3, 0.4) is 0 Å². The molecule has 134 valence electrons. The molecule has 0 aliphatic carbocycles. The number of nitrogens with zero attached hydrogens (tertiary/aromatic N) is 1. The molecule has 1 amide bonds. The van der Waals surface area contributed by atoms with Crippen molar-refractivity contribution < 1.29 is 9.53 Å². The Labute approximate surface area is 145 Å². The molecule has 0 aliphatic heterocycles. The average molecular weight is 334 g/mol. The van der Waals surface area contributed by atoms with Gasteiger partial charge in [-0.15, -0.1) is 0 Å². The Hall–Kier alpha value is -2.24. The number of guanidine groups is 1. The topological polar surface area (TPSA) is 74.8 Å². The summed E-state index contributed by atoms with van der Waals surface area (Å²) in [6.45, 7) is 7.96. The highest BCUT2D eigenvalue weighted by Crippen LogP contribution is 2.13. The highest BCUT2D eigenvalue weighted by Gasteiger charge is 2.06. The fourth-order valence-corrected chi connectivity index (χ4v) is 2.07. The van der Waals surface area contributed by atoms with Gasteiger partial charge in [0.15, 0.2) is 5.96 Å². The first-order chi connectivity index (χ1) is 11.5. The molecule has 6 heteroatoms. The van der Waals surface area contributed by atoms with Gasteiger partial charge < -0.3 is 20.7 Å². The Morgan fingerprint density at radius 2 is 2.04 bits per heavy atom. The van der Waals surface area contributed by atoms with Crippen LogP contribution in [0.2, 0.25) is 0 Å². The number of carbonyl (C=O) groups is 1. The minimum Gasteiger partial charge on any atom is -0.489 e. The quantitative estimate of drug-likeness (QED) is 0.476. The van der Waals surface area contributed by atoms with Crippen LogP contribution < -0.4 is 20.7 Å². The van der Waals surface area contributed by atoms with Crippen molar-refractivity contribution in [1.82, 2.24) is 16.0 Å². The molecular weight excluding hydrogens is 304 g/mol. The van der Waals surface area contributed by atoms with Gasteiger partial charge in [-0.1, -0.05) is 19.1 Å². The molecule has 1 aromatic carbocycles. The van der Waals surface area contributed by atoms with Crippen LogP contribution in [0, 0.1) is 6.92 Å². The lowest BCUT2D eigenvalue weighted by atomic mass is 10.2. The number of aryl methyl sites for hydroxylation is 1. The largest absolute Gasteiger partial charge is 0.489 e. The van der Waals surface area contributed by atoms with Gasteiger partial charge in [0.25, 0.3) is 0 Å². The second kappa shape index (κ2) is 11.3. The molecule has 1 atom stereocenters. The summed E-state index contributed by atoms with van der Waals surface area (Å²) in [4.78, 5) is 15.7. The molecule has 0 aliphatic rings. The summed E-state index contributed by atoms with van der Waals surface area (Å²) in [6.07, 6.45) is 1.37. The number of amides is 1. The summed E-state index contributed by atoms with van der Waals surface area (Å²) < 4.78 is 5.87. The average Bonchev–Trinajstić information content (AvgIpc) is 2.56. The van der Waals surface area contributed by atoms with Crippen molar-refractivity contribution in [1.29, 1.82) is 0 Å². The summed E-state index contributed by atoms with van der Waals surface area (Å²) in [6, 6.07) is 7.98. The van der Waals surface area contributed by atoms with Crippen LogP contribution in [0.15, 0.2) is 29.3 Å². The lowest BCUT2D eigenvalue weighted by Gasteiger charge is -2.18. The van der Waals surface area contributed by atoms with Crippen LogP contribution in [0.1, 0.15) is 32.3 Å². The van der Waals surface area contributed by atoms with Gasteiger partial charge in [-0.2, -0.15) is 0 Å². The standard InChI is InChI=1S/C18H30N4O2/c1-5-10-20-17(23)9-11-21-18(19-4)22-13-15(3)24-16-8-6-7-14(2)12-16/h6-8,12,15H,5,9-11,13H2,1-4H3,(H,20,23)(H2,19,21,22). The number of hydrogen-bond acceptors (Lipinski definition) is 3.